The van der Waals surface area contributed by atoms with Crippen LogP contribution in [0.25, 0.3) is 10.6 Å². The number of alkyl halides is 1. The highest BCUT2D eigenvalue weighted by molar-refractivity contribution is 7.18. The van der Waals surface area contributed by atoms with E-state index in [9.17, 15) is 4.79 Å². The quantitative estimate of drug-likeness (QED) is 0.826. The highest BCUT2D eigenvalue weighted by Gasteiger charge is 2.09. The first-order valence-electron chi connectivity index (χ1n) is 6.51. The Balaban J connectivity index is 2.03. The zero-order valence-corrected chi connectivity index (χ0v) is 13.4. The predicted octanol–water partition coefficient (Wildman–Crippen LogP) is 3.42. The maximum Gasteiger partial charge on any atom is 0.241 e. The van der Waals surface area contributed by atoms with Crippen LogP contribution in [0.2, 0.25) is 0 Å². The number of anilines is 1. The van der Waals surface area contributed by atoms with Crippen LogP contribution in [0.3, 0.4) is 0 Å². The molecule has 1 aromatic carbocycles. The van der Waals surface area contributed by atoms with Crippen LogP contribution in [0.4, 0.5) is 5.13 Å². The molecular formula is C14H16ClN3O2S. The largest absolute Gasteiger partial charge is 0.493 e. The molecule has 0 saturated carbocycles. The van der Waals surface area contributed by atoms with Crippen LogP contribution in [0.15, 0.2) is 24.3 Å². The highest BCUT2D eigenvalue weighted by atomic mass is 35.5. The molecule has 7 heteroatoms. The molecule has 2 rings (SSSR count). The average Bonchev–Trinajstić information content (AvgIpc) is 2.94. The van der Waals surface area contributed by atoms with Gasteiger partial charge in [-0.15, -0.1) is 21.8 Å². The first kappa shape index (κ1) is 15.7. The summed E-state index contributed by atoms with van der Waals surface area (Å²) in [5, 5.41) is 11.7. The average molecular weight is 326 g/mol. The van der Waals surface area contributed by atoms with E-state index in [2.05, 4.69) is 29.4 Å². The monoisotopic (exact) mass is 325 g/mol. The summed E-state index contributed by atoms with van der Waals surface area (Å²) in [4.78, 5) is 11.2. The lowest BCUT2D eigenvalue weighted by molar-refractivity contribution is -0.113. The molecule has 0 atom stereocenters. The zero-order valence-electron chi connectivity index (χ0n) is 11.8. The fourth-order valence-electron chi connectivity index (χ4n) is 1.50. The third-order valence-electron chi connectivity index (χ3n) is 2.48. The van der Waals surface area contributed by atoms with Gasteiger partial charge >= 0.3 is 0 Å². The third kappa shape index (κ3) is 4.68. The number of benzene rings is 1. The second-order valence-electron chi connectivity index (χ2n) is 4.82. The number of hydrogen-bond donors (Lipinski definition) is 1. The van der Waals surface area contributed by atoms with Crippen molar-refractivity contribution in [1.29, 1.82) is 0 Å². The molecule has 21 heavy (non-hydrogen) atoms. The number of amides is 1. The molecule has 2 aromatic rings. The molecule has 0 bridgehead atoms. The summed E-state index contributed by atoms with van der Waals surface area (Å²) in [6, 6.07) is 7.64. The Bertz CT molecular complexity index is 599. The van der Waals surface area contributed by atoms with Gasteiger partial charge in [-0.05, 0) is 30.2 Å². The van der Waals surface area contributed by atoms with Crippen LogP contribution >= 0.6 is 22.9 Å². The number of carbonyl (C=O) groups excluding carboxylic acids is 1. The van der Waals surface area contributed by atoms with Crippen molar-refractivity contribution in [2.45, 2.75) is 13.8 Å². The number of nitrogens with one attached hydrogen (secondary N) is 1. The van der Waals surface area contributed by atoms with Gasteiger partial charge in [-0.25, -0.2) is 0 Å². The number of hydrogen-bond acceptors (Lipinski definition) is 5. The molecule has 0 unspecified atom stereocenters. The summed E-state index contributed by atoms with van der Waals surface area (Å²) < 4.78 is 5.63. The van der Waals surface area contributed by atoms with Gasteiger partial charge in [0.05, 0.1) is 6.61 Å². The van der Waals surface area contributed by atoms with E-state index in [0.717, 1.165) is 16.3 Å². The minimum absolute atomic E-state index is 0.100. The third-order valence-corrected chi connectivity index (χ3v) is 3.61. The van der Waals surface area contributed by atoms with Crippen LogP contribution in [0, 0.1) is 5.92 Å². The zero-order chi connectivity index (χ0) is 15.2. The Kier molecular flexibility index (Phi) is 5.52. The smallest absolute Gasteiger partial charge is 0.241 e. The van der Waals surface area contributed by atoms with Gasteiger partial charge in [0.25, 0.3) is 0 Å². The van der Waals surface area contributed by atoms with Gasteiger partial charge in [-0.2, -0.15) is 0 Å². The fraction of sp³-hybridized carbons (Fsp3) is 0.357. The van der Waals surface area contributed by atoms with E-state index >= 15 is 0 Å². The minimum Gasteiger partial charge on any atom is -0.493 e. The number of ether oxygens (including phenoxy) is 1. The summed E-state index contributed by atoms with van der Waals surface area (Å²) in [5.41, 5.74) is 0.927. The van der Waals surface area contributed by atoms with Gasteiger partial charge in [-0.1, -0.05) is 25.2 Å². The van der Waals surface area contributed by atoms with Crippen LogP contribution in [-0.2, 0) is 4.79 Å². The molecule has 1 heterocycles. The molecule has 0 saturated heterocycles. The summed E-state index contributed by atoms with van der Waals surface area (Å²) in [6.45, 7) is 4.89. The molecule has 0 spiro atoms. The lowest BCUT2D eigenvalue weighted by atomic mass is 10.2. The first-order chi connectivity index (χ1) is 10.1. The molecule has 0 aliphatic carbocycles. The number of carbonyl (C=O) groups is 1. The van der Waals surface area contributed by atoms with Crippen LogP contribution in [-0.4, -0.2) is 28.6 Å². The minimum atomic E-state index is -0.295. The summed E-state index contributed by atoms with van der Waals surface area (Å²) in [5.74, 6) is 0.918. The highest BCUT2D eigenvalue weighted by Crippen LogP contribution is 2.27. The van der Waals surface area contributed by atoms with E-state index < -0.39 is 0 Å². The Morgan fingerprint density at radius 2 is 2.05 bits per heavy atom. The van der Waals surface area contributed by atoms with E-state index in [1.807, 2.05) is 24.3 Å². The van der Waals surface area contributed by atoms with Crippen LogP contribution < -0.4 is 10.1 Å². The maximum absolute atomic E-state index is 11.2. The molecule has 0 aliphatic heterocycles. The number of nitrogens with zero attached hydrogens (tertiary/aromatic N) is 2. The van der Waals surface area contributed by atoms with Crippen molar-refractivity contribution in [3.05, 3.63) is 24.3 Å². The second kappa shape index (κ2) is 7.38. The van der Waals surface area contributed by atoms with Crippen molar-refractivity contribution in [2.75, 3.05) is 17.8 Å². The summed E-state index contributed by atoms with van der Waals surface area (Å²) >= 11 is 6.73. The van der Waals surface area contributed by atoms with Crippen molar-refractivity contribution in [3.8, 4) is 16.3 Å². The van der Waals surface area contributed by atoms with E-state index in [4.69, 9.17) is 16.3 Å². The van der Waals surface area contributed by atoms with Crippen molar-refractivity contribution in [2.24, 2.45) is 5.92 Å². The fourth-order valence-corrected chi connectivity index (χ4v) is 2.33. The molecule has 1 aromatic heterocycles. The Labute approximate surface area is 132 Å². The SMILES string of the molecule is CC(C)COc1ccc(-c2nnc(NC(=O)CCl)s2)cc1. The van der Waals surface area contributed by atoms with Crippen molar-refractivity contribution in [1.82, 2.24) is 10.2 Å². The number of aromatic nitrogens is 2. The molecule has 5 nitrogen and oxygen atoms in total. The van der Waals surface area contributed by atoms with Crippen LogP contribution in [0.1, 0.15) is 13.8 Å². The van der Waals surface area contributed by atoms with E-state index in [1.165, 1.54) is 11.3 Å². The molecule has 0 fully saturated rings. The molecule has 1 N–H and O–H groups in total. The lowest BCUT2D eigenvalue weighted by Crippen LogP contribution is -2.12. The number of halogens is 1. The molecule has 0 aliphatic rings. The van der Waals surface area contributed by atoms with Gasteiger partial charge in [0.2, 0.25) is 11.0 Å². The lowest BCUT2D eigenvalue weighted by Gasteiger charge is -2.08. The Morgan fingerprint density at radius 3 is 2.67 bits per heavy atom. The van der Waals surface area contributed by atoms with Gasteiger partial charge in [0.15, 0.2) is 0 Å². The molecule has 0 radical (unpaired) electrons. The van der Waals surface area contributed by atoms with Crippen molar-refractivity contribution < 1.29 is 9.53 Å². The van der Waals surface area contributed by atoms with Gasteiger partial charge in [0, 0.05) is 5.56 Å². The Hall–Kier alpha value is -1.66. The standard InChI is InChI=1S/C14H16ClN3O2S/c1-9(2)8-20-11-5-3-10(4-6-11)13-17-18-14(21-13)16-12(19)7-15/h3-6,9H,7-8H2,1-2H3,(H,16,18,19). The van der Waals surface area contributed by atoms with E-state index in [-0.39, 0.29) is 11.8 Å². The molecular weight excluding hydrogens is 310 g/mol. The first-order valence-corrected chi connectivity index (χ1v) is 7.86. The van der Waals surface area contributed by atoms with E-state index in [0.29, 0.717) is 17.7 Å². The van der Waals surface area contributed by atoms with E-state index in [1.54, 1.807) is 0 Å². The van der Waals surface area contributed by atoms with Gasteiger partial charge in [-0.3, -0.25) is 10.1 Å². The molecule has 1 amide bonds. The summed E-state index contributed by atoms with van der Waals surface area (Å²) in [6.07, 6.45) is 0. The normalized spacial score (nSPS) is 10.7. The van der Waals surface area contributed by atoms with Crippen LogP contribution in [0.5, 0.6) is 5.75 Å². The predicted molar refractivity (Wildman–Crippen MR) is 85.0 cm³/mol. The molecule has 112 valence electrons. The van der Waals surface area contributed by atoms with Gasteiger partial charge in [0.1, 0.15) is 16.6 Å². The van der Waals surface area contributed by atoms with Gasteiger partial charge < -0.3 is 4.74 Å². The second-order valence-corrected chi connectivity index (χ2v) is 6.07. The van der Waals surface area contributed by atoms with Crippen molar-refractivity contribution in [3.63, 3.8) is 0 Å². The maximum atomic E-state index is 11.2. The summed E-state index contributed by atoms with van der Waals surface area (Å²) in [7, 11) is 0. The number of rotatable bonds is 6. The van der Waals surface area contributed by atoms with Crippen molar-refractivity contribution >= 4 is 34.0 Å². The Morgan fingerprint density at radius 1 is 1.33 bits per heavy atom. The topological polar surface area (TPSA) is 64.1 Å².